The molecule has 1 aromatic carbocycles. The molecule has 0 saturated carbocycles. The zero-order valence-electron chi connectivity index (χ0n) is 11.2. The fraction of sp³-hybridized carbons (Fsp3) is 0.462. The van der Waals surface area contributed by atoms with Gasteiger partial charge >= 0.3 is 0 Å². The first-order valence-electron chi connectivity index (χ1n) is 6.14. The summed E-state index contributed by atoms with van der Waals surface area (Å²) in [7, 11) is 1.21. The van der Waals surface area contributed by atoms with Gasteiger partial charge in [-0.3, -0.25) is 4.79 Å². The van der Waals surface area contributed by atoms with Gasteiger partial charge in [-0.1, -0.05) is 13.8 Å². The van der Waals surface area contributed by atoms with E-state index in [0.29, 0.717) is 13.1 Å². The molecule has 1 amide bonds. The van der Waals surface area contributed by atoms with Crippen LogP contribution < -0.4 is 0 Å². The van der Waals surface area contributed by atoms with E-state index >= 15 is 0 Å². The molecule has 0 bridgehead atoms. The smallest absolute Gasteiger partial charge is 0.262 e. The molecule has 110 valence electrons. The lowest BCUT2D eigenvalue weighted by atomic mass is 9.93. The standard InChI is InChI=1S/C13H15ClFNO3S/c1-13(2)5-6-16(8-13)12(17)10-7-9(15)3-4-11(10)20(14,18)19/h3-4,7H,5-6,8H2,1-2H3. The average molecular weight is 320 g/mol. The van der Waals surface area contributed by atoms with Gasteiger partial charge in [0.25, 0.3) is 15.0 Å². The third-order valence-corrected chi connectivity index (χ3v) is 4.78. The van der Waals surface area contributed by atoms with Gasteiger partial charge in [0.2, 0.25) is 0 Å². The van der Waals surface area contributed by atoms with Gasteiger partial charge in [0, 0.05) is 23.8 Å². The molecule has 0 unspecified atom stereocenters. The van der Waals surface area contributed by atoms with Crippen LogP contribution in [0.5, 0.6) is 0 Å². The van der Waals surface area contributed by atoms with Crippen LogP contribution in [0.25, 0.3) is 0 Å². The Morgan fingerprint density at radius 2 is 2.05 bits per heavy atom. The van der Waals surface area contributed by atoms with Gasteiger partial charge in [-0.05, 0) is 30.0 Å². The molecule has 0 atom stereocenters. The molecule has 1 fully saturated rings. The summed E-state index contributed by atoms with van der Waals surface area (Å²) in [5.41, 5.74) is -0.235. The van der Waals surface area contributed by atoms with Crippen LogP contribution in [0.4, 0.5) is 4.39 Å². The molecule has 0 spiro atoms. The molecule has 20 heavy (non-hydrogen) atoms. The van der Waals surface area contributed by atoms with Crippen molar-refractivity contribution in [2.45, 2.75) is 25.2 Å². The number of nitrogens with zero attached hydrogens (tertiary/aromatic N) is 1. The molecule has 0 aliphatic carbocycles. The highest BCUT2D eigenvalue weighted by Gasteiger charge is 2.34. The van der Waals surface area contributed by atoms with Crippen LogP contribution in [-0.4, -0.2) is 32.3 Å². The zero-order chi connectivity index (χ0) is 15.1. The van der Waals surface area contributed by atoms with Crippen LogP contribution in [0.3, 0.4) is 0 Å². The Bertz CT molecular complexity index is 658. The summed E-state index contributed by atoms with van der Waals surface area (Å²) < 4.78 is 36.3. The second kappa shape index (κ2) is 5.00. The fourth-order valence-electron chi connectivity index (χ4n) is 2.34. The first-order chi connectivity index (χ1) is 9.10. The predicted molar refractivity (Wildman–Crippen MR) is 73.7 cm³/mol. The predicted octanol–water partition coefficient (Wildman–Crippen LogP) is 2.63. The van der Waals surface area contributed by atoms with Crippen LogP contribution in [0.1, 0.15) is 30.6 Å². The SMILES string of the molecule is CC1(C)CCN(C(=O)c2cc(F)ccc2S(=O)(=O)Cl)C1. The summed E-state index contributed by atoms with van der Waals surface area (Å²) in [6.07, 6.45) is 0.816. The molecule has 2 rings (SSSR count). The fourth-order valence-corrected chi connectivity index (χ4v) is 3.38. The van der Waals surface area contributed by atoms with Crippen molar-refractivity contribution in [1.82, 2.24) is 4.90 Å². The Morgan fingerprint density at radius 1 is 1.40 bits per heavy atom. The molecule has 1 aromatic rings. The lowest BCUT2D eigenvalue weighted by Crippen LogP contribution is -2.31. The summed E-state index contributed by atoms with van der Waals surface area (Å²) in [5.74, 6) is -1.18. The third-order valence-electron chi connectivity index (χ3n) is 3.40. The maximum atomic E-state index is 13.3. The first kappa shape index (κ1) is 15.3. The number of carbonyl (C=O) groups excluding carboxylic acids is 1. The van der Waals surface area contributed by atoms with Crippen molar-refractivity contribution >= 4 is 25.6 Å². The number of benzene rings is 1. The molecule has 1 aliphatic rings. The molecule has 0 radical (unpaired) electrons. The maximum Gasteiger partial charge on any atom is 0.262 e. The van der Waals surface area contributed by atoms with Gasteiger partial charge < -0.3 is 4.90 Å². The van der Waals surface area contributed by atoms with Gasteiger partial charge in [0.1, 0.15) is 5.82 Å². The first-order valence-corrected chi connectivity index (χ1v) is 8.45. The lowest BCUT2D eigenvalue weighted by Gasteiger charge is -2.20. The molecule has 1 aliphatic heterocycles. The van der Waals surface area contributed by atoms with E-state index in [2.05, 4.69) is 0 Å². The molecule has 1 heterocycles. The third kappa shape index (κ3) is 3.12. The quantitative estimate of drug-likeness (QED) is 0.787. The number of amides is 1. The number of hydrogen-bond acceptors (Lipinski definition) is 3. The molecule has 0 N–H and O–H groups in total. The minimum Gasteiger partial charge on any atom is -0.338 e. The normalized spacial score (nSPS) is 18.3. The van der Waals surface area contributed by atoms with Gasteiger partial charge in [-0.25, -0.2) is 12.8 Å². The van der Waals surface area contributed by atoms with Crippen molar-refractivity contribution in [2.75, 3.05) is 13.1 Å². The van der Waals surface area contributed by atoms with Gasteiger partial charge in [-0.2, -0.15) is 0 Å². The maximum absolute atomic E-state index is 13.3. The monoisotopic (exact) mass is 319 g/mol. The Morgan fingerprint density at radius 3 is 2.55 bits per heavy atom. The van der Waals surface area contributed by atoms with E-state index < -0.39 is 20.8 Å². The van der Waals surface area contributed by atoms with Crippen molar-refractivity contribution in [3.8, 4) is 0 Å². The minimum atomic E-state index is -4.10. The van der Waals surface area contributed by atoms with Gasteiger partial charge in [0.05, 0.1) is 10.5 Å². The van der Waals surface area contributed by atoms with E-state index in [1.165, 1.54) is 4.90 Å². The van der Waals surface area contributed by atoms with Crippen LogP contribution >= 0.6 is 10.7 Å². The molecular formula is C13H15ClFNO3S. The number of carbonyl (C=O) groups is 1. The zero-order valence-corrected chi connectivity index (χ0v) is 12.8. The Labute approximate surface area is 121 Å². The molecule has 1 saturated heterocycles. The van der Waals surface area contributed by atoms with Gasteiger partial charge in [-0.15, -0.1) is 0 Å². The van der Waals surface area contributed by atoms with E-state index in [4.69, 9.17) is 10.7 Å². The summed E-state index contributed by atoms with van der Waals surface area (Å²) in [5, 5.41) is 0. The lowest BCUT2D eigenvalue weighted by molar-refractivity contribution is 0.0774. The van der Waals surface area contributed by atoms with Crippen LogP contribution in [0.15, 0.2) is 23.1 Å². The van der Waals surface area contributed by atoms with Crippen molar-refractivity contribution in [3.63, 3.8) is 0 Å². The number of likely N-dealkylation sites (tertiary alicyclic amines) is 1. The topological polar surface area (TPSA) is 54.5 Å². The average Bonchev–Trinajstić information content (AvgIpc) is 2.67. The summed E-state index contributed by atoms with van der Waals surface area (Å²) in [4.78, 5) is 13.6. The molecule has 0 aromatic heterocycles. The van der Waals surface area contributed by atoms with E-state index in [1.54, 1.807) is 0 Å². The second-order valence-electron chi connectivity index (χ2n) is 5.72. The molecule has 7 heteroatoms. The highest BCUT2D eigenvalue weighted by Crippen LogP contribution is 2.31. The van der Waals surface area contributed by atoms with Crippen molar-refractivity contribution < 1.29 is 17.6 Å². The summed E-state index contributed by atoms with van der Waals surface area (Å²) in [6, 6.07) is 2.91. The number of halogens is 2. The Kier molecular flexibility index (Phi) is 3.81. The van der Waals surface area contributed by atoms with Crippen molar-refractivity contribution in [2.24, 2.45) is 5.41 Å². The molecule has 4 nitrogen and oxygen atoms in total. The Balaban J connectivity index is 2.42. The highest BCUT2D eigenvalue weighted by molar-refractivity contribution is 8.13. The largest absolute Gasteiger partial charge is 0.338 e. The van der Waals surface area contributed by atoms with Crippen molar-refractivity contribution in [1.29, 1.82) is 0 Å². The summed E-state index contributed by atoms with van der Waals surface area (Å²) >= 11 is 0. The van der Waals surface area contributed by atoms with Gasteiger partial charge in [0.15, 0.2) is 0 Å². The minimum absolute atomic E-state index is 0.0248. The summed E-state index contributed by atoms with van der Waals surface area (Å²) in [6.45, 7) is 5.06. The molecular weight excluding hydrogens is 305 g/mol. The van der Waals surface area contributed by atoms with Crippen molar-refractivity contribution in [3.05, 3.63) is 29.6 Å². The number of hydrogen-bond donors (Lipinski definition) is 0. The van der Waals surface area contributed by atoms with Crippen LogP contribution in [-0.2, 0) is 9.05 Å². The van der Waals surface area contributed by atoms with E-state index in [-0.39, 0.29) is 15.9 Å². The second-order valence-corrected chi connectivity index (χ2v) is 8.25. The highest BCUT2D eigenvalue weighted by atomic mass is 35.7. The van der Waals surface area contributed by atoms with E-state index in [9.17, 15) is 17.6 Å². The Hall–Kier alpha value is -1.14. The van der Waals surface area contributed by atoms with E-state index in [1.807, 2.05) is 13.8 Å². The van der Waals surface area contributed by atoms with E-state index in [0.717, 1.165) is 24.6 Å². The van der Waals surface area contributed by atoms with Crippen LogP contribution in [0, 0.1) is 11.2 Å². The van der Waals surface area contributed by atoms with Crippen LogP contribution in [0.2, 0.25) is 0 Å². The number of rotatable bonds is 2.